The molecule has 1 atom stereocenters. The van der Waals surface area contributed by atoms with E-state index in [1.807, 2.05) is 31.2 Å². The molecule has 1 saturated heterocycles. The zero-order valence-corrected chi connectivity index (χ0v) is 12.8. The van der Waals surface area contributed by atoms with Crippen LogP contribution < -0.4 is 0 Å². The third-order valence-corrected chi connectivity index (χ3v) is 4.61. The zero-order valence-electron chi connectivity index (χ0n) is 11.2. The van der Waals surface area contributed by atoms with Crippen LogP contribution >= 0.6 is 15.9 Å². The first-order valence-corrected chi connectivity index (χ1v) is 7.65. The van der Waals surface area contributed by atoms with Crippen LogP contribution in [-0.4, -0.2) is 29.1 Å². The molecular weight excluding hydrogens is 306 g/mol. The molecular formula is C15H20BrNO2. The third-order valence-electron chi connectivity index (χ3n) is 4.08. The van der Waals surface area contributed by atoms with E-state index < -0.39 is 11.5 Å². The van der Waals surface area contributed by atoms with Crippen molar-refractivity contribution in [3.05, 3.63) is 34.3 Å². The topological polar surface area (TPSA) is 40.5 Å². The summed E-state index contributed by atoms with van der Waals surface area (Å²) in [5.41, 5.74) is 0.00815. The quantitative estimate of drug-likeness (QED) is 0.919. The van der Waals surface area contributed by atoms with Gasteiger partial charge in [0.1, 0.15) is 5.54 Å². The lowest BCUT2D eigenvalue weighted by Crippen LogP contribution is -2.53. The standard InChI is InChI=1S/C15H20BrNO2/c1-2-15(14(18)19,17-10-4-3-5-11-17)12-6-8-13(16)9-7-12/h6-9H,2-5,10-11H2,1H3,(H,18,19). The first-order chi connectivity index (χ1) is 9.11. The average molecular weight is 326 g/mol. The molecule has 0 aliphatic carbocycles. The number of likely N-dealkylation sites (tertiary alicyclic amines) is 1. The van der Waals surface area contributed by atoms with E-state index in [-0.39, 0.29) is 0 Å². The summed E-state index contributed by atoms with van der Waals surface area (Å²) in [5, 5.41) is 9.85. The van der Waals surface area contributed by atoms with Gasteiger partial charge < -0.3 is 5.11 Å². The van der Waals surface area contributed by atoms with E-state index in [9.17, 15) is 9.90 Å². The maximum Gasteiger partial charge on any atom is 0.328 e. The van der Waals surface area contributed by atoms with E-state index in [1.165, 1.54) is 6.42 Å². The van der Waals surface area contributed by atoms with Crippen LogP contribution in [0.1, 0.15) is 38.2 Å². The Hall–Kier alpha value is -0.870. The van der Waals surface area contributed by atoms with Gasteiger partial charge in [0.25, 0.3) is 0 Å². The van der Waals surface area contributed by atoms with Crippen molar-refractivity contribution in [3.63, 3.8) is 0 Å². The second-order valence-corrected chi connectivity index (χ2v) is 5.99. The number of piperidine rings is 1. The van der Waals surface area contributed by atoms with Gasteiger partial charge in [0.05, 0.1) is 0 Å². The fourth-order valence-corrected chi connectivity index (χ4v) is 3.29. The zero-order chi connectivity index (χ0) is 13.9. The van der Waals surface area contributed by atoms with Crippen molar-refractivity contribution in [1.29, 1.82) is 0 Å². The molecule has 0 radical (unpaired) electrons. The van der Waals surface area contributed by atoms with Gasteiger partial charge in [-0.3, -0.25) is 4.90 Å². The Morgan fingerprint density at radius 3 is 2.32 bits per heavy atom. The fraction of sp³-hybridized carbons (Fsp3) is 0.533. The van der Waals surface area contributed by atoms with Crippen molar-refractivity contribution in [2.45, 2.75) is 38.1 Å². The Kier molecular flexibility index (Phi) is 4.63. The summed E-state index contributed by atoms with van der Waals surface area (Å²) >= 11 is 3.41. The van der Waals surface area contributed by atoms with Crippen LogP contribution in [0.5, 0.6) is 0 Å². The minimum Gasteiger partial charge on any atom is -0.480 e. The lowest BCUT2D eigenvalue weighted by atomic mass is 9.84. The predicted molar refractivity (Wildman–Crippen MR) is 79.2 cm³/mol. The SMILES string of the molecule is CCC(C(=O)O)(c1ccc(Br)cc1)N1CCCCC1. The van der Waals surface area contributed by atoms with Crippen molar-refractivity contribution >= 4 is 21.9 Å². The van der Waals surface area contributed by atoms with Gasteiger partial charge in [0.15, 0.2) is 0 Å². The van der Waals surface area contributed by atoms with Crippen molar-refractivity contribution < 1.29 is 9.90 Å². The van der Waals surface area contributed by atoms with Crippen LogP contribution in [-0.2, 0) is 10.3 Å². The van der Waals surface area contributed by atoms with Gasteiger partial charge in [0, 0.05) is 4.47 Å². The second kappa shape index (κ2) is 6.06. The van der Waals surface area contributed by atoms with Crippen molar-refractivity contribution in [2.24, 2.45) is 0 Å². The lowest BCUT2D eigenvalue weighted by Gasteiger charge is -2.42. The number of aliphatic carboxylic acids is 1. The lowest BCUT2D eigenvalue weighted by molar-refractivity contribution is -0.154. The molecule has 0 spiro atoms. The predicted octanol–water partition coefficient (Wildman–Crippen LogP) is 3.62. The molecule has 1 aliphatic rings. The Morgan fingerprint density at radius 2 is 1.84 bits per heavy atom. The third kappa shape index (κ3) is 2.70. The molecule has 19 heavy (non-hydrogen) atoms. The summed E-state index contributed by atoms with van der Waals surface area (Å²) in [5.74, 6) is -0.737. The summed E-state index contributed by atoms with van der Waals surface area (Å²) in [6.45, 7) is 3.71. The van der Waals surface area contributed by atoms with Gasteiger partial charge in [-0.15, -0.1) is 0 Å². The highest BCUT2D eigenvalue weighted by molar-refractivity contribution is 9.10. The molecule has 1 aromatic rings. The van der Waals surface area contributed by atoms with Gasteiger partial charge in [-0.25, -0.2) is 4.79 Å². The Balaban J connectivity index is 2.43. The minimum absolute atomic E-state index is 0.587. The molecule has 3 nitrogen and oxygen atoms in total. The van der Waals surface area contributed by atoms with Gasteiger partial charge in [-0.1, -0.05) is 41.4 Å². The Morgan fingerprint density at radius 1 is 1.26 bits per heavy atom. The number of hydrogen-bond donors (Lipinski definition) is 1. The number of halogens is 1. The molecule has 1 fully saturated rings. The first-order valence-electron chi connectivity index (χ1n) is 6.85. The smallest absolute Gasteiger partial charge is 0.328 e. The summed E-state index contributed by atoms with van der Waals surface area (Å²) in [6.07, 6.45) is 3.97. The van der Waals surface area contributed by atoms with E-state index in [0.717, 1.165) is 36.0 Å². The largest absolute Gasteiger partial charge is 0.480 e. The molecule has 0 bridgehead atoms. The van der Waals surface area contributed by atoms with Gasteiger partial charge in [-0.05, 0) is 50.0 Å². The molecule has 2 rings (SSSR count). The maximum absolute atomic E-state index is 12.0. The van der Waals surface area contributed by atoms with E-state index in [1.54, 1.807) is 0 Å². The van der Waals surface area contributed by atoms with Crippen LogP contribution in [0.25, 0.3) is 0 Å². The molecule has 4 heteroatoms. The minimum atomic E-state index is -0.874. The van der Waals surface area contributed by atoms with Crippen molar-refractivity contribution in [1.82, 2.24) is 4.90 Å². The number of carboxylic acid groups (broad SMARTS) is 1. The number of nitrogens with zero attached hydrogens (tertiary/aromatic N) is 1. The van der Waals surface area contributed by atoms with E-state index >= 15 is 0 Å². The number of hydrogen-bond acceptors (Lipinski definition) is 2. The molecule has 1 heterocycles. The van der Waals surface area contributed by atoms with Crippen LogP contribution in [0.3, 0.4) is 0 Å². The molecule has 1 aromatic carbocycles. The van der Waals surface area contributed by atoms with Gasteiger partial charge >= 0.3 is 5.97 Å². The average Bonchev–Trinajstić information content (AvgIpc) is 2.43. The summed E-state index contributed by atoms with van der Waals surface area (Å²) in [7, 11) is 0. The van der Waals surface area contributed by atoms with Gasteiger partial charge in [0.2, 0.25) is 0 Å². The summed E-state index contributed by atoms with van der Waals surface area (Å²) < 4.78 is 0.977. The molecule has 0 saturated carbocycles. The highest BCUT2D eigenvalue weighted by atomic mass is 79.9. The first kappa shape index (κ1) is 14.5. The van der Waals surface area contributed by atoms with E-state index in [4.69, 9.17) is 0 Å². The molecule has 1 unspecified atom stereocenters. The Labute approximate surface area is 122 Å². The van der Waals surface area contributed by atoms with Gasteiger partial charge in [-0.2, -0.15) is 0 Å². The van der Waals surface area contributed by atoms with E-state index in [0.29, 0.717) is 6.42 Å². The summed E-state index contributed by atoms with van der Waals surface area (Å²) in [6, 6.07) is 7.70. The van der Waals surface area contributed by atoms with Crippen LogP contribution in [0.15, 0.2) is 28.7 Å². The Bertz CT molecular complexity index is 440. The molecule has 104 valence electrons. The highest BCUT2D eigenvalue weighted by Crippen LogP contribution is 2.35. The number of carboxylic acids is 1. The van der Waals surface area contributed by atoms with Crippen molar-refractivity contribution in [3.8, 4) is 0 Å². The monoisotopic (exact) mass is 325 g/mol. The maximum atomic E-state index is 12.0. The fourth-order valence-electron chi connectivity index (χ4n) is 3.02. The number of benzene rings is 1. The van der Waals surface area contributed by atoms with Crippen LogP contribution in [0.4, 0.5) is 0 Å². The normalized spacial score (nSPS) is 19.9. The number of rotatable bonds is 4. The highest BCUT2D eigenvalue weighted by Gasteiger charge is 2.44. The van der Waals surface area contributed by atoms with Crippen molar-refractivity contribution in [2.75, 3.05) is 13.1 Å². The van der Waals surface area contributed by atoms with Crippen LogP contribution in [0, 0.1) is 0 Å². The summed E-state index contributed by atoms with van der Waals surface area (Å²) in [4.78, 5) is 14.1. The van der Waals surface area contributed by atoms with E-state index in [2.05, 4.69) is 20.8 Å². The molecule has 0 aromatic heterocycles. The van der Waals surface area contributed by atoms with Crippen LogP contribution in [0.2, 0.25) is 0 Å². The molecule has 1 N–H and O–H groups in total. The number of carbonyl (C=O) groups is 1. The second-order valence-electron chi connectivity index (χ2n) is 5.07. The molecule has 0 amide bonds. The molecule has 1 aliphatic heterocycles.